The third kappa shape index (κ3) is 5.46. The summed E-state index contributed by atoms with van der Waals surface area (Å²) in [4.78, 5) is 0. The third-order valence-electron chi connectivity index (χ3n) is 7.07. The van der Waals surface area contributed by atoms with Crippen LogP contribution in [-0.4, -0.2) is 14.4 Å². The molecule has 0 saturated heterocycles. The van der Waals surface area contributed by atoms with Gasteiger partial charge in [0.05, 0.1) is 6.10 Å². The van der Waals surface area contributed by atoms with Crippen molar-refractivity contribution in [1.82, 2.24) is 0 Å². The van der Waals surface area contributed by atoms with Gasteiger partial charge in [0.15, 0.2) is 8.32 Å². The van der Waals surface area contributed by atoms with Crippen LogP contribution in [0.25, 0.3) is 0 Å². The van der Waals surface area contributed by atoms with Gasteiger partial charge in [-0.05, 0) is 54.8 Å². The van der Waals surface area contributed by atoms with Crippen LogP contribution in [0.15, 0.2) is 12.2 Å². The second-order valence-corrected chi connectivity index (χ2v) is 13.3. The molecular formula is C22H42OSi. The van der Waals surface area contributed by atoms with Crippen LogP contribution in [0.3, 0.4) is 0 Å². The molecule has 24 heavy (non-hydrogen) atoms. The van der Waals surface area contributed by atoms with E-state index in [1.165, 1.54) is 94.3 Å². The zero-order valence-electron chi connectivity index (χ0n) is 16.7. The molecule has 2 aliphatic carbocycles. The largest absolute Gasteiger partial charge is 0.410 e. The monoisotopic (exact) mass is 350 g/mol. The lowest BCUT2D eigenvalue weighted by molar-refractivity contribution is 0.119. The third-order valence-corrected chi connectivity index (χ3v) is 11.7. The Bertz CT molecular complexity index is 354. The first kappa shape index (κ1) is 20.2. The summed E-state index contributed by atoms with van der Waals surface area (Å²) in [5.74, 6) is 1.65. The molecule has 0 N–H and O–H groups in total. The maximum atomic E-state index is 7.07. The average molecular weight is 351 g/mol. The van der Waals surface area contributed by atoms with E-state index >= 15 is 0 Å². The number of rotatable bonds is 9. The predicted octanol–water partition coefficient (Wildman–Crippen LogP) is 7.48. The molecule has 1 atom stereocenters. The Morgan fingerprint density at radius 2 is 1.38 bits per heavy atom. The standard InChI is InChI=1S/C22H42OSi/c1-5-24(6-2,7-3)23-22(21-16-12-9-13-17-21)19(4)18-20-14-10-8-11-15-20/h20-22H,4-18H2,1-3H3. The highest BCUT2D eigenvalue weighted by molar-refractivity contribution is 6.73. The first-order valence-corrected chi connectivity index (χ1v) is 13.5. The highest BCUT2D eigenvalue weighted by Crippen LogP contribution is 2.38. The fourth-order valence-electron chi connectivity index (χ4n) is 5.10. The van der Waals surface area contributed by atoms with Gasteiger partial charge in [-0.15, -0.1) is 0 Å². The molecule has 1 nitrogen and oxygen atoms in total. The van der Waals surface area contributed by atoms with E-state index in [0.717, 1.165) is 11.8 Å². The normalized spacial score (nSPS) is 22.5. The second-order valence-electron chi connectivity index (χ2n) is 8.55. The minimum atomic E-state index is -1.55. The van der Waals surface area contributed by atoms with E-state index in [0.29, 0.717) is 6.10 Å². The molecule has 0 amide bonds. The second kappa shape index (κ2) is 10.2. The summed E-state index contributed by atoms with van der Waals surface area (Å²) < 4.78 is 7.07. The molecule has 0 radical (unpaired) electrons. The average Bonchev–Trinajstić information content (AvgIpc) is 2.65. The van der Waals surface area contributed by atoms with Crippen molar-refractivity contribution in [2.24, 2.45) is 11.8 Å². The molecule has 1 unspecified atom stereocenters. The van der Waals surface area contributed by atoms with Crippen LogP contribution in [0.4, 0.5) is 0 Å². The fourth-order valence-corrected chi connectivity index (χ4v) is 8.00. The van der Waals surface area contributed by atoms with Gasteiger partial charge in [-0.1, -0.05) is 78.7 Å². The molecular weight excluding hydrogens is 308 g/mol. The molecule has 0 heterocycles. The maximum absolute atomic E-state index is 7.07. The van der Waals surface area contributed by atoms with Crippen molar-refractivity contribution in [3.05, 3.63) is 12.2 Å². The highest BCUT2D eigenvalue weighted by Gasteiger charge is 2.37. The van der Waals surface area contributed by atoms with Crippen LogP contribution < -0.4 is 0 Å². The van der Waals surface area contributed by atoms with Crippen LogP contribution in [0.2, 0.25) is 18.1 Å². The summed E-state index contributed by atoms with van der Waals surface area (Å²) in [7, 11) is -1.55. The molecule has 2 saturated carbocycles. The van der Waals surface area contributed by atoms with Crippen molar-refractivity contribution >= 4 is 8.32 Å². The van der Waals surface area contributed by atoms with Crippen molar-refractivity contribution in [3.8, 4) is 0 Å². The molecule has 0 aromatic rings. The Kier molecular flexibility index (Phi) is 8.56. The van der Waals surface area contributed by atoms with Gasteiger partial charge in [0.2, 0.25) is 0 Å². The molecule has 0 aromatic heterocycles. The van der Waals surface area contributed by atoms with Gasteiger partial charge in [-0.2, -0.15) is 0 Å². The smallest absolute Gasteiger partial charge is 0.192 e. The highest BCUT2D eigenvalue weighted by atomic mass is 28.4. The molecule has 0 spiro atoms. The molecule has 140 valence electrons. The summed E-state index contributed by atoms with van der Waals surface area (Å²) >= 11 is 0. The first-order chi connectivity index (χ1) is 11.6. The van der Waals surface area contributed by atoms with Crippen LogP contribution in [0.1, 0.15) is 91.4 Å². The van der Waals surface area contributed by atoms with Gasteiger partial charge >= 0.3 is 0 Å². The Hall–Kier alpha value is -0.0831. The van der Waals surface area contributed by atoms with Crippen LogP contribution >= 0.6 is 0 Å². The summed E-state index contributed by atoms with van der Waals surface area (Å²) in [5, 5.41) is 0. The van der Waals surface area contributed by atoms with Gasteiger partial charge in [-0.3, -0.25) is 0 Å². The fraction of sp³-hybridized carbons (Fsp3) is 0.909. The topological polar surface area (TPSA) is 9.23 Å². The van der Waals surface area contributed by atoms with Gasteiger partial charge < -0.3 is 4.43 Å². The van der Waals surface area contributed by atoms with Crippen LogP contribution in [0.5, 0.6) is 0 Å². The van der Waals surface area contributed by atoms with Gasteiger partial charge in [-0.25, -0.2) is 0 Å². The Balaban J connectivity index is 2.07. The van der Waals surface area contributed by atoms with Gasteiger partial charge in [0, 0.05) is 0 Å². The molecule has 0 aliphatic heterocycles. The maximum Gasteiger partial charge on any atom is 0.192 e. The molecule has 2 fully saturated rings. The number of hydrogen-bond acceptors (Lipinski definition) is 1. The Labute approximate surface area is 152 Å². The van der Waals surface area contributed by atoms with Crippen molar-refractivity contribution in [2.45, 2.75) is 116 Å². The van der Waals surface area contributed by atoms with Gasteiger partial charge in [0.1, 0.15) is 0 Å². The summed E-state index contributed by atoms with van der Waals surface area (Å²) in [6, 6.07) is 3.79. The Morgan fingerprint density at radius 1 is 0.875 bits per heavy atom. The Morgan fingerprint density at radius 3 is 1.88 bits per heavy atom. The van der Waals surface area contributed by atoms with E-state index in [2.05, 4.69) is 27.4 Å². The van der Waals surface area contributed by atoms with E-state index in [1.54, 1.807) is 0 Å². The van der Waals surface area contributed by atoms with Crippen LogP contribution in [0, 0.1) is 11.8 Å². The predicted molar refractivity (Wildman–Crippen MR) is 109 cm³/mol. The van der Waals surface area contributed by atoms with E-state index in [9.17, 15) is 0 Å². The zero-order chi connectivity index (χ0) is 17.4. The van der Waals surface area contributed by atoms with E-state index < -0.39 is 8.32 Å². The van der Waals surface area contributed by atoms with Crippen molar-refractivity contribution in [3.63, 3.8) is 0 Å². The lowest BCUT2D eigenvalue weighted by Crippen LogP contribution is -2.43. The molecule has 2 rings (SSSR count). The zero-order valence-corrected chi connectivity index (χ0v) is 17.7. The van der Waals surface area contributed by atoms with E-state index in [-0.39, 0.29) is 0 Å². The first-order valence-electron chi connectivity index (χ1n) is 11.0. The molecule has 2 aliphatic rings. The molecule has 0 aromatic carbocycles. The summed E-state index contributed by atoms with van der Waals surface area (Å²) in [6.45, 7) is 11.7. The SMILES string of the molecule is C=C(CC1CCCCC1)C(O[Si](CC)(CC)CC)C1CCCCC1. The minimum Gasteiger partial charge on any atom is -0.410 e. The number of hydrogen-bond donors (Lipinski definition) is 0. The lowest BCUT2D eigenvalue weighted by Gasteiger charge is -2.40. The van der Waals surface area contributed by atoms with Crippen molar-refractivity contribution in [2.75, 3.05) is 0 Å². The van der Waals surface area contributed by atoms with Gasteiger partial charge in [0.25, 0.3) is 0 Å². The minimum absolute atomic E-state index is 0.374. The van der Waals surface area contributed by atoms with E-state index in [1.807, 2.05) is 0 Å². The lowest BCUT2D eigenvalue weighted by atomic mass is 9.78. The quantitative estimate of drug-likeness (QED) is 0.309. The van der Waals surface area contributed by atoms with Crippen molar-refractivity contribution < 1.29 is 4.43 Å². The van der Waals surface area contributed by atoms with E-state index in [4.69, 9.17) is 4.43 Å². The van der Waals surface area contributed by atoms with Crippen LogP contribution in [-0.2, 0) is 4.43 Å². The van der Waals surface area contributed by atoms with Crippen molar-refractivity contribution in [1.29, 1.82) is 0 Å². The molecule has 0 bridgehead atoms. The summed E-state index contributed by atoms with van der Waals surface area (Å²) in [5.41, 5.74) is 1.46. The molecule has 2 heteroatoms. The summed E-state index contributed by atoms with van der Waals surface area (Å²) in [6.07, 6.45) is 15.8.